The molecule has 0 saturated carbocycles. The second-order valence-electron chi connectivity index (χ2n) is 4.68. The van der Waals surface area contributed by atoms with Crippen molar-refractivity contribution in [1.29, 1.82) is 0 Å². The van der Waals surface area contributed by atoms with Crippen LogP contribution in [0.25, 0.3) is 5.65 Å². The smallest absolute Gasteiger partial charge is 0.180 e. The Morgan fingerprint density at radius 3 is 2.76 bits per heavy atom. The van der Waals surface area contributed by atoms with Crippen LogP contribution in [0.4, 0.5) is 11.6 Å². The molecule has 116 valence electrons. The van der Waals surface area contributed by atoms with Gasteiger partial charge in [-0.2, -0.15) is 0 Å². The van der Waals surface area contributed by atoms with Gasteiger partial charge in [0.1, 0.15) is 5.82 Å². The van der Waals surface area contributed by atoms with Gasteiger partial charge in [0, 0.05) is 53.4 Å². The first-order valence-electron chi connectivity index (χ1n) is 7.04. The van der Waals surface area contributed by atoms with Crippen molar-refractivity contribution in [2.75, 3.05) is 57.8 Å². The normalized spacial score (nSPS) is 11.0. The molecule has 0 spiro atoms. The first-order chi connectivity index (χ1) is 10.3. The van der Waals surface area contributed by atoms with Crippen LogP contribution in [0.15, 0.2) is 18.6 Å². The van der Waals surface area contributed by atoms with E-state index >= 15 is 0 Å². The van der Waals surface area contributed by atoms with E-state index in [4.69, 9.17) is 9.47 Å². The largest absolute Gasteiger partial charge is 0.385 e. The van der Waals surface area contributed by atoms with Crippen LogP contribution < -0.4 is 10.2 Å². The molecule has 0 unspecified atom stereocenters. The van der Waals surface area contributed by atoms with E-state index in [9.17, 15) is 0 Å². The number of hydrogen-bond donors (Lipinski definition) is 1. The van der Waals surface area contributed by atoms with Crippen LogP contribution in [0, 0.1) is 0 Å². The molecule has 0 amide bonds. The number of rotatable bonds is 9. The Balaban J connectivity index is 2.29. The van der Waals surface area contributed by atoms with E-state index in [1.165, 1.54) is 0 Å². The standard InChI is InChI=1S/C14H23N5O2/c1-15-12-11-19-7-5-16-13(19)14(17-12)18(8-10-21-3)6-4-9-20-2/h5,7,11,15H,4,6,8-10H2,1-3H3. The first kappa shape index (κ1) is 15.5. The fraction of sp³-hybridized carbons (Fsp3) is 0.571. The first-order valence-corrected chi connectivity index (χ1v) is 7.04. The van der Waals surface area contributed by atoms with Gasteiger partial charge < -0.3 is 24.1 Å². The summed E-state index contributed by atoms with van der Waals surface area (Å²) < 4.78 is 12.3. The molecule has 7 nitrogen and oxygen atoms in total. The SMILES string of the molecule is CNc1cn2ccnc2c(N(CCCOC)CCOC)n1. The Morgan fingerprint density at radius 1 is 1.24 bits per heavy atom. The lowest BCUT2D eigenvalue weighted by atomic mass is 10.3. The van der Waals surface area contributed by atoms with Crippen LogP contribution in [0.2, 0.25) is 0 Å². The molecule has 0 aliphatic carbocycles. The number of aromatic nitrogens is 3. The summed E-state index contributed by atoms with van der Waals surface area (Å²) in [6.45, 7) is 2.98. The average molecular weight is 293 g/mol. The molecule has 0 radical (unpaired) electrons. The van der Waals surface area contributed by atoms with Gasteiger partial charge in [-0.05, 0) is 6.42 Å². The molecule has 7 heteroatoms. The summed E-state index contributed by atoms with van der Waals surface area (Å²) in [7, 11) is 5.28. The molecule has 0 atom stereocenters. The van der Waals surface area contributed by atoms with Crippen LogP contribution >= 0.6 is 0 Å². The predicted molar refractivity (Wildman–Crippen MR) is 83.1 cm³/mol. The quantitative estimate of drug-likeness (QED) is 0.702. The maximum atomic E-state index is 5.21. The number of nitrogens with zero attached hydrogens (tertiary/aromatic N) is 4. The van der Waals surface area contributed by atoms with Crippen molar-refractivity contribution in [3.63, 3.8) is 0 Å². The lowest BCUT2D eigenvalue weighted by Gasteiger charge is -2.24. The summed E-state index contributed by atoms with van der Waals surface area (Å²) >= 11 is 0. The van der Waals surface area contributed by atoms with Gasteiger partial charge in [-0.3, -0.25) is 0 Å². The Labute approximate surface area is 124 Å². The Morgan fingerprint density at radius 2 is 2.05 bits per heavy atom. The van der Waals surface area contributed by atoms with Crippen LogP contribution in [-0.4, -0.2) is 61.9 Å². The summed E-state index contributed by atoms with van der Waals surface area (Å²) in [5.74, 6) is 1.67. The monoisotopic (exact) mass is 293 g/mol. The highest BCUT2D eigenvalue weighted by Gasteiger charge is 2.14. The molecule has 0 saturated heterocycles. The van der Waals surface area contributed by atoms with Gasteiger partial charge in [0.05, 0.1) is 12.8 Å². The van der Waals surface area contributed by atoms with E-state index in [0.717, 1.165) is 43.4 Å². The highest BCUT2D eigenvalue weighted by molar-refractivity contribution is 5.66. The molecule has 1 N–H and O–H groups in total. The number of nitrogens with one attached hydrogen (secondary N) is 1. The molecular weight excluding hydrogens is 270 g/mol. The Hall–Kier alpha value is -1.86. The van der Waals surface area contributed by atoms with Crippen molar-refractivity contribution in [2.45, 2.75) is 6.42 Å². The summed E-state index contributed by atoms with van der Waals surface area (Å²) in [6, 6.07) is 0. The zero-order valence-corrected chi connectivity index (χ0v) is 12.9. The van der Waals surface area contributed by atoms with Crippen molar-refractivity contribution in [3.8, 4) is 0 Å². The number of methoxy groups -OCH3 is 2. The Kier molecular flexibility index (Phi) is 5.77. The van der Waals surface area contributed by atoms with Gasteiger partial charge in [0.2, 0.25) is 0 Å². The molecule has 2 aromatic rings. The molecule has 0 aliphatic heterocycles. The zero-order chi connectivity index (χ0) is 15.1. The fourth-order valence-corrected chi connectivity index (χ4v) is 2.17. The second kappa shape index (κ2) is 7.80. The molecule has 0 fully saturated rings. The lowest BCUT2D eigenvalue weighted by molar-refractivity contribution is 0.191. The second-order valence-corrected chi connectivity index (χ2v) is 4.68. The number of fused-ring (bicyclic) bond motifs is 1. The third kappa shape index (κ3) is 3.83. The lowest BCUT2D eigenvalue weighted by Crippen LogP contribution is -2.30. The van der Waals surface area contributed by atoms with Crippen molar-refractivity contribution >= 4 is 17.3 Å². The molecule has 0 aromatic carbocycles. The summed E-state index contributed by atoms with van der Waals surface area (Å²) in [6.07, 6.45) is 6.56. The highest BCUT2D eigenvalue weighted by Crippen LogP contribution is 2.20. The van der Waals surface area contributed by atoms with Gasteiger partial charge in [-0.25, -0.2) is 9.97 Å². The van der Waals surface area contributed by atoms with Gasteiger partial charge in [0.15, 0.2) is 11.5 Å². The Bertz CT molecular complexity index is 557. The number of anilines is 2. The van der Waals surface area contributed by atoms with E-state index in [0.29, 0.717) is 6.61 Å². The van der Waals surface area contributed by atoms with Crippen molar-refractivity contribution < 1.29 is 9.47 Å². The third-order valence-corrected chi connectivity index (χ3v) is 3.25. The molecule has 2 heterocycles. The number of hydrogen-bond acceptors (Lipinski definition) is 6. The predicted octanol–water partition coefficient (Wildman–Crippen LogP) is 1.26. The van der Waals surface area contributed by atoms with Crippen LogP contribution in [0.3, 0.4) is 0 Å². The van der Waals surface area contributed by atoms with Gasteiger partial charge in [-0.15, -0.1) is 0 Å². The highest BCUT2D eigenvalue weighted by atomic mass is 16.5. The van der Waals surface area contributed by atoms with Crippen LogP contribution in [0.5, 0.6) is 0 Å². The van der Waals surface area contributed by atoms with Crippen molar-refractivity contribution in [3.05, 3.63) is 18.6 Å². The maximum Gasteiger partial charge on any atom is 0.180 e. The molecule has 2 rings (SSSR count). The fourth-order valence-electron chi connectivity index (χ4n) is 2.17. The van der Waals surface area contributed by atoms with Crippen molar-refractivity contribution in [2.24, 2.45) is 0 Å². The molecular formula is C14H23N5O2. The molecule has 0 aliphatic rings. The van der Waals surface area contributed by atoms with E-state index in [-0.39, 0.29) is 0 Å². The minimum atomic E-state index is 0.644. The van der Waals surface area contributed by atoms with Gasteiger partial charge in [0.25, 0.3) is 0 Å². The number of ether oxygens (including phenoxy) is 2. The van der Waals surface area contributed by atoms with Crippen molar-refractivity contribution in [1.82, 2.24) is 14.4 Å². The summed E-state index contributed by atoms with van der Waals surface area (Å²) in [5, 5.41) is 3.09. The van der Waals surface area contributed by atoms with E-state index in [1.807, 2.05) is 23.8 Å². The molecule has 0 bridgehead atoms. The average Bonchev–Trinajstić information content (AvgIpc) is 2.98. The van der Waals surface area contributed by atoms with E-state index in [1.54, 1.807) is 20.4 Å². The van der Waals surface area contributed by atoms with Gasteiger partial charge in [-0.1, -0.05) is 0 Å². The number of imidazole rings is 1. The van der Waals surface area contributed by atoms with Crippen LogP contribution in [-0.2, 0) is 9.47 Å². The molecule has 2 aromatic heterocycles. The third-order valence-electron chi connectivity index (χ3n) is 3.25. The minimum Gasteiger partial charge on any atom is -0.385 e. The van der Waals surface area contributed by atoms with E-state index in [2.05, 4.69) is 20.2 Å². The molecule has 21 heavy (non-hydrogen) atoms. The zero-order valence-electron chi connectivity index (χ0n) is 12.9. The topological polar surface area (TPSA) is 63.9 Å². The summed E-state index contributed by atoms with van der Waals surface area (Å²) in [5.41, 5.74) is 0.850. The summed E-state index contributed by atoms with van der Waals surface area (Å²) in [4.78, 5) is 11.3. The van der Waals surface area contributed by atoms with E-state index < -0.39 is 0 Å². The minimum absolute atomic E-state index is 0.644. The van der Waals surface area contributed by atoms with Gasteiger partial charge >= 0.3 is 0 Å². The maximum absolute atomic E-state index is 5.21. The van der Waals surface area contributed by atoms with Crippen LogP contribution in [0.1, 0.15) is 6.42 Å².